The Balaban J connectivity index is 1.95. The standard InChI is InChI=1S/C29H39N3O5/c1-7-19(2)24(31-28(35)37-29(3,4)5)27(34)32(22-15-16-22)25(20-11-9-8-10-12-20)26(33)30-21-13-17-23(36-6)18-14-21/h8-14,17-19,22,24-25H,7,15-16H2,1-6H3,(H,30,33)(H,31,35). The Bertz CT molecular complexity index is 1060. The number of benzene rings is 2. The SMILES string of the molecule is CCC(C)C(NC(=O)OC(C)(C)C)C(=O)N(C1CC1)C(C(=O)Nc1ccc(OC)cc1)c1ccccc1. The predicted molar refractivity (Wildman–Crippen MR) is 143 cm³/mol. The van der Waals surface area contributed by atoms with Crippen LogP contribution in [0.2, 0.25) is 0 Å². The summed E-state index contributed by atoms with van der Waals surface area (Å²) < 4.78 is 10.7. The largest absolute Gasteiger partial charge is 0.497 e. The van der Waals surface area contributed by atoms with E-state index in [0.29, 0.717) is 23.4 Å². The third-order valence-electron chi connectivity index (χ3n) is 6.35. The molecule has 0 heterocycles. The molecule has 0 aliphatic heterocycles. The van der Waals surface area contributed by atoms with Gasteiger partial charge in [0.15, 0.2) is 0 Å². The predicted octanol–water partition coefficient (Wildman–Crippen LogP) is 5.31. The Morgan fingerprint density at radius 2 is 1.65 bits per heavy atom. The van der Waals surface area contributed by atoms with Crippen molar-refractivity contribution in [3.05, 3.63) is 60.2 Å². The smallest absolute Gasteiger partial charge is 0.408 e. The Hall–Kier alpha value is -3.55. The monoisotopic (exact) mass is 509 g/mol. The molecular weight excluding hydrogens is 470 g/mol. The number of nitrogens with one attached hydrogen (secondary N) is 2. The first kappa shape index (κ1) is 28.0. The topological polar surface area (TPSA) is 97.0 Å². The summed E-state index contributed by atoms with van der Waals surface area (Å²) in [5.74, 6) is -0.0995. The molecule has 37 heavy (non-hydrogen) atoms. The Morgan fingerprint density at radius 3 is 2.16 bits per heavy atom. The van der Waals surface area contributed by atoms with Crippen LogP contribution in [0.5, 0.6) is 5.75 Å². The van der Waals surface area contributed by atoms with Crippen LogP contribution in [-0.2, 0) is 14.3 Å². The maximum absolute atomic E-state index is 14.1. The Labute approximate surface area is 219 Å². The molecule has 3 unspecified atom stereocenters. The molecule has 2 N–H and O–H groups in total. The van der Waals surface area contributed by atoms with Gasteiger partial charge in [-0.2, -0.15) is 0 Å². The summed E-state index contributed by atoms with van der Waals surface area (Å²) in [5.41, 5.74) is 0.600. The molecule has 0 saturated heterocycles. The van der Waals surface area contributed by atoms with E-state index in [2.05, 4.69) is 10.6 Å². The summed E-state index contributed by atoms with van der Waals surface area (Å²) in [6.45, 7) is 9.21. The van der Waals surface area contributed by atoms with Crippen LogP contribution in [0, 0.1) is 5.92 Å². The zero-order valence-corrected chi connectivity index (χ0v) is 22.6. The van der Waals surface area contributed by atoms with E-state index in [4.69, 9.17) is 9.47 Å². The van der Waals surface area contributed by atoms with Crippen molar-refractivity contribution in [3.63, 3.8) is 0 Å². The van der Waals surface area contributed by atoms with Crippen LogP contribution in [0.4, 0.5) is 10.5 Å². The van der Waals surface area contributed by atoms with Crippen LogP contribution in [-0.4, -0.2) is 47.6 Å². The highest BCUT2D eigenvalue weighted by Crippen LogP contribution is 2.37. The average molecular weight is 510 g/mol. The number of alkyl carbamates (subject to hydrolysis) is 1. The van der Waals surface area contributed by atoms with Crippen molar-refractivity contribution in [1.29, 1.82) is 0 Å². The van der Waals surface area contributed by atoms with Gasteiger partial charge in [-0.1, -0.05) is 50.6 Å². The Morgan fingerprint density at radius 1 is 1.03 bits per heavy atom. The summed E-state index contributed by atoms with van der Waals surface area (Å²) in [6.07, 6.45) is 1.61. The molecule has 1 aliphatic rings. The molecule has 8 nitrogen and oxygen atoms in total. The van der Waals surface area contributed by atoms with Gasteiger partial charge in [-0.15, -0.1) is 0 Å². The molecule has 8 heteroatoms. The quantitative estimate of drug-likeness (QED) is 0.453. The summed E-state index contributed by atoms with van der Waals surface area (Å²) >= 11 is 0. The van der Waals surface area contributed by atoms with Crippen molar-refractivity contribution in [1.82, 2.24) is 10.2 Å². The number of hydrogen-bond donors (Lipinski definition) is 2. The van der Waals surface area contributed by atoms with Crippen molar-refractivity contribution >= 4 is 23.6 Å². The van der Waals surface area contributed by atoms with Gasteiger partial charge in [0.05, 0.1) is 7.11 Å². The van der Waals surface area contributed by atoms with Crippen LogP contribution in [0.15, 0.2) is 54.6 Å². The van der Waals surface area contributed by atoms with Gasteiger partial charge in [-0.05, 0) is 69.4 Å². The highest BCUT2D eigenvalue weighted by atomic mass is 16.6. The molecule has 2 aromatic rings. The molecule has 3 amide bonds. The number of amides is 3. The van der Waals surface area contributed by atoms with Gasteiger partial charge in [0.1, 0.15) is 23.4 Å². The normalized spacial score (nSPS) is 15.6. The van der Waals surface area contributed by atoms with Gasteiger partial charge in [-0.3, -0.25) is 9.59 Å². The van der Waals surface area contributed by atoms with Crippen LogP contribution in [0.1, 0.15) is 65.5 Å². The number of methoxy groups -OCH3 is 1. The van der Waals surface area contributed by atoms with Gasteiger partial charge < -0.3 is 25.0 Å². The van der Waals surface area contributed by atoms with Gasteiger partial charge in [-0.25, -0.2) is 4.79 Å². The fourth-order valence-corrected chi connectivity index (χ4v) is 4.11. The maximum Gasteiger partial charge on any atom is 0.408 e. The van der Waals surface area contributed by atoms with Gasteiger partial charge in [0.2, 0.25) is 5.91 Å². The van der Waals surface area contributed by atoms with Crippen LogP contribution < -0.4 is 15.4 Å². The molecule has 0 bridgehead atoms. The minimum atomic E-state index is -0.865. The summed E-state index contributed by atoms with van der Waals surface area (Å²) in [4.78, 5) is 42.2. The third-order valence-corrected chi connectivity index (χ3v) is 6.35. The molecule has 2 aromatic carbocycles. The van der Waals surface area contributed by atoms with Gasteiger partial charge in [0.25, 0.3) is 5.91 Å². The molecule has 3 atom stereocenters. The van der Waals surface area contributed by atoms with E-state index in [-0.39, 0.29) is 23.8 Å². The lowest BCUT2D eigenvalue weighted by Crippen LogP contribution is -2.55. The second kappa shape index (κ2) is 12.1. The van der Waals surface area contributed by atoms with E-state index < -0.39 is 23.8 Å². The molecule has 0 aromatic heterocycles. The van der Waals surface area contributed by atoms with E-state index in [1.54, 1.807) is 57.0 Å². The number of hydrogen-bond acceptors (Lipinski definition) is 5. The highest BCUT2D eigenvalue weighted by molar-refractivity contribution is 5.99. The number of rotatable bonds is 10. The molecule has 3 rings (SSSR count). The minimum Gasteiger partial charge on any atom is -0.497 e. The van der Waals surface area contributed by atoms with Crippen LogP contribution in [0.3, 0.4) is 0 Å². The van der Waals surface area contributed by atoms with E-state index in [1.807, 2.05) is 44.2 Å². The first-order chi connectivity index (χ1) is 17.5. The van der Waals surface area contributed by atoms with Crippen LogP contribution in [0.25, 0.3) is 0 Å². The number of ether oxygens (including phenoxy) is 2. The van der Waals surface area contributed by atoms with Crippen molar-refractivity contribution in [2.75, 3.05) is 12.4 Å². The number of anilines is 1. The lowest BCUT2D eigenvalue weighted by Gasteiger charge is -2.36. The third kappa shape index (κ3) is 7.71. The summed E-state index contributed by atoms with van der Waals surface area (Å²) in [6, 6.07) is 14.5. The first-order valence-corrected chi connectivity index (χ1v) is 12.9. The molecular formula is C29H39N3O5. The molecule has 1 fully saturated rings. The summed E-state index contributed by atoms with van der Waals surface area (Å²) in [7, 11) is 1.58. The van der Waals surface area contributed by atoms with Crippen molar-refractivity contribution < 1.29 is 23.9 Å². The van der Waals surface area contributed by atoms with E-state index >= 15 is 0 Å². The van der Waals surface area contributed by atoms with Crippen molar-refractivity contribution in [2.24, 2.45) is 5.92 Å². The van der Waals surface area contributed by atoms with Crippen LogP contribution >= 0.6 is 0 Å². The molecule has 1 aliphatic carbocycles. The zero-order chi connectivity index (χ0) is 27.2. The van der Waals surface area contributed by atoms with Gasteiger partial charge >= 0.3 is 6.09 Å². The molecule has 0 radical (unpaired) electrons. The number of nitrogens with zero attached hydrogens (tertiary/aromatic N) is 1. The fraction of sp³-hybridized carbons (Fsp3) is 0.483. The molecule has 200 valence electrons. The van der Waals surface area contributed by atoms with E-state index in [9.17, 15) is 14.4 Å². The second-order valence-corrected chi connectivity index (χ2v) is 10.5. The number of carbonyl (C=O) groups is 3. The highest BCUT2D eigenvalue weighted by Gasteiger charge is 2.45. The average Bonchev–Trinajstić information content (AvgIpc) is 3.70. The first-order valence-electron chi connectivity index (χ1n) is 12.9. The second-order valence-electron chi connectivity index (χ2n) is 10.5. The van der Waals surface area contributed by atoms with E-state index in [1.165, 1.54) is 0 Å². The fourth-order valence-electron chi connectivity index (χ4n) is 4.11. The molecule has 1 saturated carbocycles. The minimum absolute atomic E-state index is 0.0914. The van der Waals surface area contributed by atoms with Gasteiger partial charge in [0, 0.05) is 11.7 Å². The summed E-state index contributed by atoms with van der Waals surface area (Å²) in [5, 5.41) is 5.76. The van der Waals surface area contributed by atoms with Crippen molar-refractivity contribution in [2.45, 2.75) is 77.6 Å². The molecule has 0 spiro atoms. The number of carbonyl (C=O) groups excluding carboxylic acids is 3. The maximum atomic E-state index is 14.1. The zero-order valence-electron chi connectivity index (χ0n) is 22.6. The Kier molecular flexibility index (Phi) is 9.18. The van der Waals surface area contributed by atoms with Crippen molar-refractivity contribution in [3.8, 4) is 5.75 Å². The lowest BCUT2D eigenvalue weighted by molar-refractivity contribution is -0.142. The lowest BCUT2D eigenvalue weighted by atomic mass is 9.95. The van der Waals surface area contributed by atoms with E-state index in [0.717, 1.165) is 12.8 Å².